The summed E-state index contributed by atoms with van der Waals surface area (Å²) >= 11 is 1.75. The van der Waals surface area contributed by atoms with Gasteiger partial charge in [0.2, 0.25) is 11.7 Å². The molecule has 0 aliphatic rings. The van der Waals surface area contributed by atoms with E-state index in [9.17, 15) is 0 Å². The fourth-order valence-corrected chi connectivity index (χ4v) is 2.50. The molecule has 0 radical (unpaired) electrons. The molecule has 3 aromatic rings. The molecule has 20 heavy (non-hydrogen) atoms. The van der Waals surface area contributed by atoms with Crippen LogP contribution in [0.3, 0.4) is 0 Å². The van der Waals surface area contributed by atoms with Crippen LogP contribution in [0, 0.1) is 0 Å². The van der Waals surface area contributed by atoms with Crippen LogP contribution in [0.15, 0.2) is 39.5 Å². The lowest BCUT2D eigenvalue weighted by Crippen LogP contribution is -2.11. The van der Waals surface area contributed by atoms with Crippen LogP contribution in [-0.4, -0.2) is 22.1 Å². The molecule has 0 bridgehead atoms. The van der Waals surface area contributed by atoms with Crippen molar-refractivity contribution in [3.63, 3.8) is 0 Å². The number of hydrogen-bond donors (Lipinski definition) is 1. The van der Waals surface area contributed by atoms with Gasteiger partial charge in [0.15, 0.2) is 0 Å². The van der Waals surface area contributed by atoms with Gasteiger partial charge in [-0.25, -0.2) is 0 Å². The lowest BCUT2D eigenvalue weighted by atomic mass is 10.1. The van der Waals surface area contributed by atoms with Gasteiger partial charge in [-0.05, 0) is 24.5 Å². The number of aromatic nitrogens is 2. The van der Waals surface area contributed by atoms with Crippen LogP contribution < -0.4 is 5.73 Å². The van der Waals surface area contributed by atoms with Gasteiger partial charge in [-0.3, -0.25) is 0 Å². The minimum absolute atomic E-state index is 0.220. The molecule has 2 aromatic heterocycles. The van der Waals surface area contributed by atoms with Gasteiger partial charge in [-0.2, -0.15) is 16.7 Å². The summed E-state index contributed by atoms with van der Waals surface area (Å²) < 4.78 is 10.7. The van der Waals surface area contributed by atoms with Gasteiger partial charge in [0.25, 0.3) is 0 Å². The molecule has 0 aliphatic heterocycles. The largest absolute Gasteiger partial charge is 0.464 e. The number of para-hydroxylation sites is 1. The quantitative estimate of drug-likeness (QED) is 0.777. The topological polar surface area (TPSA) is 78.1 Å². The minimum atomic E-state index is -0.220. The molecule has 104 valence electrons. The first-order valence-corrected chi connectivity index (χ1v) is 7.73. The second-order valence-corrected chi connectivity index (χ2v) is 5.48. The zero-order valence-electron chi connectivity index (χ0n) is 11.1. The van der Waals surface area contributed by atoms with E-state index in [1.165, 1.54) is 0 Å². The lowest BCUT2D eigenvalue weighted by Gasteiger charge is -2.03. The third-order valence-electron chi connectivity index (χ3n) is 3.11. The van der Waals surface area contributed by atoms with Crippen molar-refractivity contribution in [2.45, 2.75) is 12.5 Å². The summed E-state index contributed by atoms with van der Waals surface area (Å²) in [6.45, 7) is 0. The Hall–Kier alpha value is -1.79. The molecule has 0 saturated carbocycles. The molecule has 0 saturated heterocycles. The van der Waals surface area contributed by atoms with Crippen molar-refractivity contribution >= 4 is 22.7 Å². The van der Waals surface area contributed by atoms with E-state index in [1.54, 1.807) is 18.0 Å². The average Bonchev–Trinajstić information content (AvgIpc) is 3.10. The van der Waals surface area contributed by atoms with Gasteiger partial charge >= 0.3 is 0 Å². The highest BCUT2D eigenvalue weighted by Crippen LogP contribution is 2.29. The molecule has 2 heterocycles. The summed E-state index contributed by atoms with van der Waals surface area (Å²) in [5, 5.41) is 4.97. The van der Waals surface area contributed by atoms with Gasteiger partial charge < -0.3 is 14.7 Å². The number of thioether (sulfide) groups is 1. The van der Waals surface area contributed by atoms with Crippen molar-refractivity contribution in [1.82, 2.24) is 10.1 Å². The Bertz CT molecular complexity index is 707. The van der Waals surface area contributed by atoms with Gasteiger partial charge in [0.05, 0.1) is 11.6 Å². The Morgan fingerprint density at radius 1 is 1.35 bits per heavy atom. The summed E-state index contributed by atoms with van der Waals surface area (Å²) in [7, 11) is 0. The lowest BCUT2D eigenvalue weighted by molar-refractivity contribution is 0.353. The van der Waals surface area contributed by atoms with Crippen LogP contribution in [-0.2, 0) is 0 Å². The van der Waals surface area contributed by atoms with Gasteiger partial charge in [-0.15, -0.1) is 0 Å². The molecule has 1 atom stereocenters. The molecule has 3 rings (SSSR count). The second-order valence-electron chi connectivity index (χ2n) is 4.49. The Morgan fingerprint density at radius 3 is 3.05 bits per heavy atom. The molecular formula is C14H15N3O2S. The van der Waals surface area contributed by atoms with Crippen molar-refractivity contribution in [3.8, 4) is 11.4 Å². The Labute approximate surface area is 120 Å². The number of benzene rings is 1. The van der Waals surface area contributed by atoms with Crippen molar-refractivity contribution < 1.29 is 8.94 Å². The first-order valence-electron chi connectivity index (χ1n) is 6.34. The third kappa shape index (κ3) is 2.44. The molecule has 0 amide bonds. The van der Waals surface area contributed by atoms with E-state index >= 15 is 0 Å². The van der Waals surface area contributed by atoms with Gasteiger partial charge in [0.1, 0.15) is 11.8 Å². The fourth-order valence-electron chi connectivity index (χ4n) is 2.01. The van der Waals surface area contributed by atoms with Gasteiger partial charge in [0, 0.05) is 5.39 Å². The van der Waals surface area contributed by atoms with Crippen molar-refractivity contribution in [3.05, 3.63) is 36.4 Å². The number of rotatable bonds is 5. The number of nitrogens with two attached hydrogens (primary N) is 1. The highest BCUT2D eigenvalue weighted by Gasteiger charge is 2.18. The maximum atomic E-state index is 6.03. The van der Waals surface area contributed by atoms with Crippen molar-refractivity contribution in [1.29, 1.82) is 0 Å². The molecule has 0 unspecified atom stereocenters. The van der Waals surface area contributed by atoms with Crippen LogP contribution in [0.1, 0.15) is 18.4 Å². The highest BCUT2D eigenvalue weighted by molar-refractivity contribution is 7.98. The summed E-state index contributed by atoms with van der Waals surface area (Å²) in [5.74, 6) is 1.96. The summed E-state index contributed by atoms with van der Waals surface area (Å²) in [6.07, 6.45) is 4.51. The monoisotopic (exact) mass is 289 g/mol. The average molecular weight is 289 g/mol. The maximum absolute atomic E-state index is 6.03. The first kappa shape index (κ1) is 13.2. The summed E-state index contributed by atoms with van der Waals surface area (Å²) in [4.78, 5) is 4.38. The molecule has 1 aromatic carbocycles. The zero-order chi connectivity index (χ0) is 13.9. The molecule has 0 spiro atoms. The summed E-state index contributed by atoms with van der Waals surface area (Å²) in [5.41, 5.74) is 7.66. The number of nitrogens with zero attached hydrogens (tertiary/aromatic N) is 2. The van der Waals surface area contributed by atoms with E-state index < -0.39 is 0 Å². The molecule has 6 heteroatoms. The third-order valence-corrected chi connectivity index (χ3v) is 3.76. The fraction of sp³-hybridized carbons (Fsp3) is 0.286. The maximum Gasteiger partial charge on any atom is 0.243 e. The van der Waals surface area contributed by atoms with Crippen molar-refractivity contribution in [2.24, 2.45) is 5.73 Å². The van der Waals surface area contributed by atoms with Crippen molar-refractivity contribution in [2.75, 3.05) is 12.0 Å². The zero-order valence-corrected chi connectivity index (χ0v) is 11.9. The van der Waals surface area contributed by atoms with E-state index in [1.807, 2.05) is 30.5 Å². The Morgan fingerprint density at radius 2 is 2.20 bits per heavy atom. The van der Waals surface area contributed by atoms with Crippen LogP contribution >= 0.6 is 11.8 Å². The normalized spacial score (nSPS) is 12.9. The molecule has 0 aliphatic carbocycles. The van der Waals surface area contributed by atoms with E-state index in [0.717, 1.165) is 28.7 Å². The minimum Gasteiger partial charge on any atom is -0.464 e. The number of hydrogen-bond acceptors (Lipinski definition) is 6. The smallest absolute Gasteiger partial charge is 0.243 e. The van der Waals surface area contributed by atoms with E-state index in [-0.39, 0.29) is 6.04 Å². The summed E-state index contributed by atoms with van der Waals surface area (Å²) in [6, 6.07) is 7.53. The molecular weight excluding hydrogens is 274 g/mol. The highest BCUT2D eigenvalue weighted by atomic mass is 32.2. The van der Waals surface area contributed by atoms with Crippen LogP contribution in [0.2, 0.25) is 0 Å². The predicted molar refractivity (Wildman–Crippen MR) is 79.4 cm³/mol. The first-order chi connectivity index (χ1) is 9.79. The Balaban J connectivity index is 1.90. The van der Waals surface area contributed by atoms with Crippen LogP contribution in [0.25, 0.3) is 22.4 Å². The standard InChI is InChI=1S/C14H15N3O2S/c1-20-7-6-11(15)14-16-13(17-19-14)10-8-18-12-5-3-2-4-9(10)12/h2-5,8,11H,6-7,15H2,1H3/t11-/m0/s1. The number of fused-ring (bicyclic) bond motifs is 1. The molecule has 0 fully saturated rings. The van der Waals surface area contributed by atoms with Crippen LogP contribution in [0.4, 0.5) is 0 Å². The Kier molecular flexibility index (Phi) is 3.75. The number of furan rings is 1. The van der Waals surface area contributed by atoms with E-state index in [4.69, 9.17) is 14.7 Å². The molecule has 5 nitrogen and oxygen atoms in total. The van der Waals surface area contributed by atoms with Crippen LogP contribution in [0.5, 0.6) is 0 Å². The molecule has 2 N–H and O–H groups in total. The predicted octanol–water partition coefficient (Wildman–Crippen LogP) is 3.24. The second kappa shape index (κ2) is 5.68. The SMILES string of the molecule is CSCC[C@H](N)c1nc(-c2coc3ccccc23)no1. The van der Waals surface area contributed by atoms with Gasteiger partial charge in [-0.1, -0.05) is 23.4 Å². The van der Waals surface area contributed by atoms with E-state index in [2.05, 4.69) is 10.1 Å². The van der Waals surface area contributed by atoms with E-state index in [0.29, 0.717) is 11.7 Å².